The SMILES string of the molecule is O=C(c1ccc(C(F)(F)F)cn1)C1CC1c1ccccc1. The molecule has 1 aromatic heterocycles. The van der Waals surface area contributed by atoms with Crippen molar-refractivity contribution < 1.29 is 18.0 Å². The molecule has 3 rings (SSSR count). The van der Waals surface area contributed by atoms with E-state index in [0.29, 0.717) is 6.20 Å². The molecule has 0 amide bonds. The maximum atomic E-state index is 12.5. The lowest BCUT2D eigenvalue weighted by Gasteiger charge is -2.06. The summed E-state index contributed by atoms with van der Waals surface area (Å²) in [6, 6.07) is 11.7. The number of benzene rings is 1. The van der Waals surface area contributed by atoms with Gasteiger partial charge < -0.3 is 0 Å². The number of nitrogens with zero attached hydrogens (tertiary/aromatic N) is 1. The topological polar surface area (TPSA) is 30.0 Å². The van der Waals surface area contributed by atoms with Crippen LogP contribution in [0.4, 0.5) is 13.2 Å². The van der Waals surface area contributed by atoms with Crippen LogP contribution in [0.15, 0.2) is 48.7 Å². The highest BCUT2D eigenvalue weighted by atomic mass is 19.4. The first-order valence-electron chi connectivity index (χ1n) is 6.59. The molecular weight excluding hydrogens is 279 g/mol. The largest absolute Gasteiger partial charge is 0.417 e. The third-order valence-corrected chi connectivity index (χ3v) is 3.70. The summed E-state index contributed by atoms with van der Waals surface area (Å²) in [5.41, 5.74) is 0.351. The van der Waals surface area contributed by atoms with Gasteiger partial charge in [-0.15, -0.1) is 0 Å². The number of alkyl halides is 3. The van der Waals surface area contributed by atoms with Crippen LogP contribution >= 0.6 is 0 Å². The third-order valence-electron chi connectivity index (χ3n) is 3.70. The minimum absolute atomic E-state index is 0.103. The molecular formula is C16H12F3NO. The van der Waals surface area contributed by atoms with Gasteiger partial charge in [0.05, 0.1) is 5.56 Å². The number of ketones is 1. The second-order valence-electron chi connectivity index (χ2n) is 5.15. The van der Waals surface area contributed by atoms with E-state index in [9.17, 15) is 18.0 Å². The van der Waals surface area contributed by atoms with E-state index in [1.807, 2.05) is 30.3 Å². The molecule has 0 aliphatic heterocycles. The molecule has 1 saturated carbocycles. The van der Waals surface area contributed by atoms with Crippen LogP contribution in [0.25, 0.3) is 0 Å². The van der Waals surface area contributed by atoms with Gasteiger partial charge in [-0.25, -0.2) is 0 Å². The van der Waals surface area contributed by atoms with Gasteiger partial charge in [0.15, 0.2) is 5.78 Å². The number of hydrogen-bond donors (Lipinski definition) is 0. The van der Waals surface area contributed by atoms with Gasteiger partial charge >= 0.3 is 6.18 Å². The van der Waals surface area contributed by atoms with E-state index in [1.165, 1.54) is 0 Å². The van der Waals surface area contributed by atoms with Gasteiger partial charge in [-0.1, -0.05) is 30.3 Å². The smallest absolute Gasteiger partial charge is 0.292 e. The summed E-state index contributed by atoms with van der Waals surface area (Å²) in [5, 5.41) is 0. The predicted octanol–water partition coefficient (Wildman–Crippen LogP) is 4.09. The molecule has 1 aromatic carbocycles. The van der Waals surface area contributed by atoms with Crippen molar-refractivity contribution in [3.63, 3.8) is 0 Å². The highest BCUT2D eigenvalue weighted by Crippen LogP contribution is 2.48. The first kappa shape index (κ1) is 13.8. The zero-order valence-corrected chi connectivity index (χ0v) is 11.0. The van der Waals surface area contributed by atoms with Gasteiger partial charge in [-0.2, -0.15) is 13.2 Å². The summed E-state index contributed by atoms with van der Waals surface area (Å²) in [6.45, 7) is 0. The fourth-order valence-corrected chi connectivity index (χ4v) is 2.45. The molecule has 2 atom stereocenters. The monoisotopic (exact) mass is 291 g/mol. The minimum atomic E-state index is -4.43. The van der Waals surface area contributed by atoms with Crippen molar-refractivity contribution in [3.05, 3.63) is 65.5 Å². The molecule has 0 bridgehead atoms. The number of pyridine rings is 1. The molecule has 0 N–H and O–H groups in total. The first-order chi connectivity index (χ1) is 9.97. The van der Waals surface area contributed by atoms with Crippen LogP contribution in [0.2, 0.25) is 0 Å². The Balaban J connectivity index is 1.73. The zero-order valence-electron chi connectivity index (χ0n) is 11.0. The average Bonchev–Trinajstić information content (AvgIpc) is 3.27. The second kappa shape index (κ2) is 4.98. The normalized spacial score (nSPS) is 21.1. The number of halogens is 3. The van der Waals surface area contributed by atoms with Crippen LogP contribution in [0.1, 0.15) is 34.0 Å². The van der Waals surface area contributed by atoms with E-state index in [0.717, 1.165) is 24.1 Å². The average molecular weight is 291 g/mol. The van der Waals surface area contributed by atoms with E-state index < -0.39 is 11.7 Å². The molecule has 0 saturated heterocycles. The van der Waals surface area contributed by atoms with Crippen LogP contribution in [-0.4, -0.2) is 10.8 Å². The summed E-state index contributed by atoms with van der Waals surface area (Å²) in [4.78, 5) is 15.9. The Kier molecular flexibility index (Phi) is 3.27. The van der Waals surface area contributed by atoms with E-state index >= 15 is 0 Å². The summed E-state index contributed by atoms with van der Waals surface area (Å²) in [6.07, 6.45) is -2.99. The Bertz CT molecular complexity index is 649. The molecule has 2 unspecified atom stereocenters. The number of carbonyl (C=O) groups is 1. The van der Waals surface area contributed by atoms with Crippen LogP contribution < -0.4 is 0 Å². The van der Waals surface area contributed by atoms with Crippen molar-refractivity contribution in [2.75, 3.05) is 0 Å². The molecule has 5 heteroatoms. The summed E-state index contributed by atoms with van der Waals surface area (Å²) in [5.74, 6) is -0.197. The van der Waals surface area contributed by atoms with Crippen molar-refractivity contribution >= 4 is 5.78 Å². The lowest BCUT2D eigenvalue weighted by Crippen LogP contribution is -2.09. The van der Waals surface area contributed by atoms with Crippen LogP contribution in [0.5, 0.6) is 0 Å². The predicted molar refractivity (Wildman–Crippen MR) is 70.9 cm³/mol. The molecule has 1 heterocycles. The van der Waals surface area contributed by atoms with Crippen molar-refractivity contribution in [3.8, 4) is 0 Å². The van der Waals surface area contributed by atoms with E-state index in [1.54, 1.807) is 0 Å². The molecule has 2 nitrogen and oxygen atoms in total. The summed E-state index contributed by atoms with van der Waals surface area (Å²) in [7, 11) is 0. The molecule has 1 fully saturated rings. The summed E-state index contributed by atoms with van der Waals surface area (Å²) < 4.78 is 37.4. The lowest BCUT2D eigenvalue weighted by molar-refractivity contribution is -0.137. The Morgan fingerprint density at radius 1 is 1.10 bits per heavy atom. The Hall–Kier alpha value is -2.17. The van der Waals surface area contributed by atoms with Gasteiger partial charge in [0.1, 0.15) is 5.69 Å². The lowest BCUT2D eigenvalue weighted by atomic mass is 10.1. The van der Waals surface area contributed by atoms with Gasteiger partial charge in [0.2, 0.25) is 0 Å². The van der Waals surface area contributed by atoms with Crippen LogP contribution in [-0.2, 0) is 6.18 Å². The van der Waals surface area contributed by atoms with E-state index in [4.69, 9.17) is 0 Å². The second-order valence-corrected chi connectivity index (χ2v) is 5.15. The van der Waals surface area contributed by atoms with E-state index in [2.05, 4.69) is 4.98 Å². The fraction of sp³-hybridized carbons (Fsp3) is 0.250. The molecule has 21 heavy (non-hydrogen) atoms. The van der Waals surface area contributed by atoms with Crippen molar-refractivity contribution in [1.82, 2.24) is 4.98 Å². The van der Waals surface area contributed by atoms with E-state index in [-0.39, 0.29) is 23.3 Å². The molecule has 1 aliphatic carbocycles. The quantitative estimate of drug-likeness (QED) is 0.797. The number of rotatable bonds is 3. The maximum Gasteiger partial charge on any atom is 0.417 e. The van der Waals surface area contributed by atoms with Crippen molar-refractivity contribution in [1.29, 1.82) is 0 Å². The molecule has 108 valence electrons. The van der Waals surface area contributed by atoms with Crippen molar-refractivity contribution in [2.45, 2.75) is 18.5 Å². The molecule has 1 aliphatic rings. The molecule has 0 radical (unpaired) electrons. The number of carbonyl (C=O) groups excluding carboxylic acids is 1. The number of Topliss-reactive ketones (excluding diaryl/α,β-unsaturated/α-hetero) is 1. The fourth-order valence-electron chi connectivity index (χ4n) is 2.45. The van der Waals surface area contributed by atoms with Gasteiger partial charge in [-0.3, -0.25) is 9.78 Å². The Morgan fingerprint density at radius 3 is 2.38 bits per heavy atom. The highest BCUT2D eigenvalue weighted by molar-refractivity contribution is 5.98. The van der Waals surface area contributed by atoms with Crippen LogP contribution in [0, 0.1) is 5.92 Å². The first-order valence-corrected chi connectivity index (χ1v) is 6.59. The van der Waals surface area contributed by atoms with Gasteiger partial charge in [0, 0.05) is 12.1 Å². The Morgan fingerprint density at radius 2 is 1.81 bits per heavy atom. The number of aromatic nitrogens is 1. The van der Waals surface area contributed by atoms with Gasteiger partial charge in [-0.05, 0) is 30.0 Å². The Labute approximate surface area is 119 Å². The van der Waals surface area contributed by atoms with Crippen molar-refractivity contribution in [2.24, 2.45) is 5.92 Å². The minimum Gasteiger partial charge on any atom is -0.292 e. The third kappa shape index (κ3) is 2.82. The summed E-state index contributed by atoms with van der Waals surface area (Å²) >= 11 is 0. The standard InChI is InChI=1S/C16H12F3NO/c17-16(18,19)11-6-7-14(20-9-11)15(21)13-8-12(13)10-4-2-1-3-5-10/h1-7,9,12-13H,8H2. The van der Waals surface area contributed by atoms with Crippen LogP contribution in [0.3, 0.4) is 0 Å². The maximum absolute atomic E-state index is 12.5. The zero-order chi connectivity index (χ0) is 15.0. The molecule has 2 aromatic rings. The van der Waals surface area contributed by atoms with Gasteiger partial charge in [0.25, 0.3) is 0 Å². The highest BCUT2D eigenvalue weighted by Gasteiger charge is 2.44. The molecule has 0 spiro atoms. The number of hydrogen-bond acceptors (Lipinski definition) is 2.